The average Bonchev–Trinajstić information content (AvgIpc) is 2.10. The van der Waals surface area contributed by atoms with E-state index < -0.39 is 0 Å². The molecule has 1 aromatic heterocycles. The molecule has 4 N–H and O–H groups in total. The molecule has 0 aromatic carbocycles. The van der Waals surface area contributed by atoms with Gasteiger partial charge in [0.1, 0.15) is 0 Å². The van der Waals surface area contributed by atoms with Crippen molar-refractivity contribution in [1.29, 1.82) is 0 Å². The van der Waals surface area contributed by atoms with E-state index in [4.69, 9.17) is 11.5 Å². The van der Waals surface area contributed by atoms with E-state index in [0.29, 0.717) is 5.13 Å². The first-order valence-electron chi connectivity index (χ1n) is 3.09. The van der Waals surface area contributed by atoms with Gasteiger partial charge in [-0.05, 0) is 13.8 Å². The minimum absolute atomic E-state index is 0.0507. The Morgan fingerprint density at radius 3 is 2.40 bits per heavy atom. The predicted molar refractivity (Wildman–Crippen MR) is 43.9 cm³/mol. The van der Waals surface area contributed by atoms with Crippen LogP contribution in [0.1, 0.15) is 23.5 Å². The molecule has 3 nitrogen and oxygen atoms in total. The van der Waals surface area contributed by atoms with Crippen LogP contribution in [-0.2, 0) is 0 Å². The monoisotopic (exact) mass is 157 g/mol. The van der Waals surface area contributed by atoms with Gasteiger partial charge in [0, 0.05) is 10.9 Å². The molecule has 0 aliphatic rings. The van der Waals surface area contributed by atoms with Gasteiger partial charge < -0.3 is 11.5 Å². The molecule has 0 unspecified atom stereocenters. The van der Waals surface area contributed by atoms with E-state index in [0.717, 1.165) is 10.6 Å². The van der Waals surface area contributed by atoms with Gasteiger partial charge >= 0.3 is 0 Å². The predicted octanol–water partition coefficient (Wildman–Crippen LogP) is 1.05. The lowest BCUT2D eigenvalue weighted by molar-refractivity contribution is 0.825. The molecule has 0 saturated carbocycles. The van der Waals surface area contributed by atoms with Crippen molar-refractivity contribution in [1.82, 2.24) is 4.98 Å². The Balaban J connectivity index is 3.03. The van der Waals surface area contributed by atoms with Crippen molar-refractivity contribution in [3.05, 3.63) is 10.6 Å². The number of hydrogen-bond donors (Lipinski definition) is 2. The second-order valence-electron chi connectivity index (χ2n) is 2.29. The number of nitrogens with zero attached hydrogens (tertiary/aromatic N) is 1. The van der Waals surface area contributed by atoms with Crippen LogP contribution in [0.25, 0.3) is 0 Å². The summed E-state index contributed by atoms with van der Waals surface area (Å²) < 4.78 is 0. The number of aromatic nitrogens is 1. The molecule has 4 heteroatoms. The van der Waals surface area contributed by atoms with Gasteiger partial charge in [-0.15, -0.1) is 11.3 Å². The summed E-state index contributed by atoms with van der Waals surface area (Å²) in [4.78, 5) is 5.13. The first-order valence-corrected chi connectivity index (χ1v) is 3.91. The van der Waals surface area contributed by atoms with Gasteiger partial charge in [-0.3, -0.25) is 0 Å². The molecule has 0 aliphatic carbocycles. The maximum atomic E-state index is 5.64. The molecular formula is C6H11N3S. The van der Waals surface area contributed by atoms with Gasteiger partial charge in [0.25, 0.3) is 0 Å². The van der Waals surface area contributed by atoms with Crippen molar-refractivity contribution < 1.29 is 0 Å². The lowest BCUT2D eigenvalue weighted by atomic mass is 10.2. The highest BCUT2D eigenvalue weighted by Gasteiger charge is 2.07. The van der Waals surface area contributed by atoms with Crippen LogP contribution in [0.4, 0.5) is 5.13 Å². The van der Waals surface area contributed by atoms with E-state index in [1.807, 2.05) is 13.8 Å². The topological polar surface area (TPSA) is 64.9 Å². The molecule has 0 spiro atoms. The fraction of sp³-hybridized carbons (Fsp3) is 0.500. The second-order valence-corrected chi connectivity index (χ2v) is 3.35. The Kier molecular flexibility index (Phi) is 1.92. The molecular weight excluding hydrogens is 146 g/mol. The molecule has 0 radical (unpaired) electrons. The van der Waals surface area contributed by atoms with Crippen molar-refractivity contribution in [2.75, 3.05) is 5.73 Å². The Hall–Kier alpha value is -0.610. The third-order valence-corrected chi connectivity index (χ3v) is 2.45. The van der Waals surface area contributed by atoms with E-state index in [-0.39, 0.29) is 6.04 Å². The van der Waals surface area contributed by atoms with E-state index >= 15 is 0 Å². The lowest BCUT2D eigenvalue weighted by Crippen LogP contribution is -2.03. The van der Waals surface area contributed by atoms with Crippen LogP contribution < -0.4 is 11.5 Å². The van der Waals surface area contributed by atoms with E-state index in [1.54, 1.807) is 0 Å². The van der Waals surface area contributed by atoms with Crippen LogP contribution in [0, 0.1) is 6.92 Å². The summed E-state index contributed by atoms with van der Waals surface area (Å²) >= 11 is 1.46. The number of anilines is 1. The Bertz CT molecular complexity index is 229. The number of thiazole rings is 1. The summed E-state index contributed by atoms with van der Waals surface area (Å²) in [6.45, 7) is 3.85. The van der Waals surface area contributed by atoms with Gasteiger partial charge in [-0.1, -0.05) is 0 Å². The van der Waals surface area contributed by atoms with Crippen LogP contribution in [0.5, 0.6) is 0 Å². The first-order chi connectivity index (χ1) is 4.61. The van der Waals surface area contributed by atoms with Crippen LogP contribution in [0.3, 0.4) is 0 Å². The highest BCUT2D eigenvalue weighted by molar-refractivity contribution is 7.15. The molecule has 56 valence electrons. The zero-order valence-electron chi connectivity index (χ0n) is 6.09. The Labute approximate surface area is 64.1 Å². The SMILES string of the molecule is Cc1nc(N)sc1[C@@H](C)N. The van der Waals surface area contributed by atoms with Gasteiger partial charge in [0.05, 0.1) is 5.69 Å². The molecule has 10 heavy (non-hydrogen) atoms. The number of hydrogen-bond acceptors (Lipinski definition) is 4. The number of rotatable bonds is 1. The van der Waals surface area contributed by atoms with E-state index in [2.05, 4.69) is 4.98 Å². The maximum absolute atomic E-state index is 5.64. The lowest BCUT2D eigenvalue weighted by Gasteiger charge is -1.99. The normalized spacial score (nSPS) is 13.5. The van der Waals surface area contributed by atoms with Crippen molar-refractivity contribution in [3.63, 3.8) is 0 Å². The molecule has 0 saturated heterocycles. The first kappa shape index (κ1) is 7.50. The number of nitrogen functional groups attached to an aromatic ring is 1. The molecule has 0 amide bonds. The zero-order valence-corrected chi connectivity index (χ0v) is 6.90. The van der Waals surface area contributed by atoms with Crippen LogP contribution >= 0.6 is 11.3 Å². The van der Waals surface area contributed by atoms with E-state index in [9.17, 15) is 0 Å². The minimum atomic E-state index is 0.0507. The van der Waals surface area contributed by atoms with Crippen LogP contribution in [-0.4, -0.2) is 4.98 Å². The molecule has 0 fully saturated rings. The highest BCUT2D eigenvalue weighted by Crippen LogP contribution is 2.24. The van der Waals surface area contributed by atoms with Crippen molar-refractivity contribution in [2.24, 2.45) is 5.73 Å². The standard InChI is InChI=1S/C6H11N3S/c1-3(7)5-4(2)9-6(8)10-5/h3H,7H2,1-2H3,(H2,8,9)/t3-/m1/s1. The second kappa shape index (κ2) is 2.56. The number of aryl methyl sites for hydroxylation is 1. The summed E-state index contributed by atoms with van der Waals surface area (Å²) in [7, 11) is 0. The molecule has 1 rings (SSSR count). The van der Waals surface area contributed by atoms with Crippen LogP contribution in [0.15, 0.2) is 0 Å². The average molecular weight is 157 g/mol. The van der Waals surface area contributed by atoms with Crippen molar-refractivity contribution in [3.8, 4) is 0 Å². The van der Waals surface area contributed by atoms with Gasteiger partial charge in [0.2, 0.25) is 0 Å². The molecule has 0 bridgehead atoms. The zero-order chi connectivity index (χ0) is 7.72. The van der Waals surface area contributed by atoms with Crippen molar-refractivity contribution >= 4 is 16.5 Å². The van der Waals surface area contributed by atoms with Gasteiger partial charge in [-0.25, -0.2) is 4.98 Å². The number of nitrogens with two attached hydrogens (primary N) is 2. The fourth-order valence-electron chi connectivity index (χ4n) is 0.852. The minimum Gasteiger partial charge on any atom is -0.375 e. The smallest absolute Gasteiger partial charge is 0.180 e. The highest BCUT2D eigenvalue weighted by atomic mass is 32.1. The summed E-state index contributed by atoms with van der Waals surface area (Å²) in [5.74, 6) is 0. The third kappa shape index (κ3) is 1.27. The fourth-order valence-corrected chi connectivity index (χ4v) is 1.64. The largest absolute Gasteiger partial charge is 0.375 e. The maximum Gasteiger partial charge on any atom is 0.180 e. The molecule has 1 heterocycles. The molecule has 1 aromatic rings. The van der Waals surface area contributed by atoms with Crippen LogP contribution in [0.2, 0.25) is 0 Å². The summed E-state index contributed by atoms with van der Waals surface area (Å²) in [5.41, 5.74) is 12.1. The summed E-state index contributed by atoms with van der Waals surface area (Å²) in [6, 6.07) is 0.0507. The quantitative estimate of drug-likeness (QED) is 0.640. The van der Waals surface area contributed by atoms with Crippen molar-refractivity contribution in [2.45, 2.75) is 19.9 Å². The van der Waals surface area contributed by atoms with Gasteiger partial charge in [0.15, 0.2) is 5.13 Å². The Morgan fingerprint density at radius 1 is 1.60 bits per heavy atom. The van der Waals surface area contributed by atoms with E-state index in [1.165, 1.54) is 11.3 Å². The molecule has 0 aliphatic heterocycles. The summed E-state index contributed by atoms with van der Waals surface area (Å²) in [5, 5.41) is 0.602. The third-order valence-electron chi connectivity index (χ3n) is 1.26. The Morgan fingerprint density at radius 2 is 2.20 bits per heavy atom. The van der Waals surface area contributed by atoms with Gasteiger partial charge in [-0.2, -0.15) is 0 Å². The molecule has 1 atom stereocenters. The summed E-state index contributed by atoms with van der Waals surface area (Å²) in [6.07, 6.45) is 0.